The molecule has 0 saturated carbocycles. The van der Waals surface area contributed by atoms with Gasteiger partial charge in [-0.3, -0.25) is 0 Å². The number of amides is 2. The summed E-state index contributed by atoms with van der Waals surface area (Å²) in [6.45, 7) is 0. The van der Waals surface area contributed by atoms with E-state index < -0.39 is 16.4 Å². The van der Waals surface area contributed by atoms with Crippen LogP contribution in [0.5, 0.6) is 0 Å². The Morgan fingerprint density at radius 1 is 1.42 bits per heavy atom. The molecule has 1 fully saturated rings. The van der Waals surface area contributed by atoms with Crippen LogP contribution < -0.4 is 0 Å². The van der Waals surface area contributed by atoms with Crippen molar-refractivity contribution in [2.45, 2.75) is 0 Å². The summed E-state index contributed by atoms with van der Waals surface area (Å²) in [5.74, 6) is 0. The van der Waals surface area contributed by atoms with Crippen LogP contribution in [0.3, 0.4) is 0 Å². The van der Waals surface area contributed by atoms with Crippen molar-refractivity contribution in [3.63, 3.8) is 0 Å². The lowest BCUT2D eigenvalue weighted by Gasteiger charge is -2.10. The number of hydroxylamine groups is 1. The minimum atomic E-state index is -4.23. The largest absolute Gasteiger partial charge is 0.434 e. The van der Waals surface area contributed by atoms with Crippen LogP contribution in [-0.2, 0) is 18.3 Å². The molecule has 0 N–H and O–H groups in total. The van der Waals surface area contributed by atoms with Gasteiger partial charge in [0.2, 0.25) is 0 Å². The molecule has 12 heavy (non-hydrogen) atoms. The molecule has 1 aliphatic heterocycles. The van der Waals surface area contributed by atoms with Crippen LogP contribution in [0.25, 0.3) is 0 Å². The van der Waals surface area contributed by atoms with E-state index in [9.17, 15) is 13.2 Å². The number of carbonyl (C=O) groups is 1. The zero-order valence-corrected chi connectivity index (χ0v) is 8.57. The van der Waals surface area contributed by atoms with Gasteiger partial charge in [0.1, 0.15) is 12.2 Å². The number of nitrogens with zero attached hydrogens (tertiary/aromatic N) is 2. The highest BCUT2D eigenvalue weighted by Gasteiger charge is 2.31. The van der Waals surface area contributed by atoms with Crippen molar-refractivity contribution >= 4 is 54.3 Å². The fraction of sp³-hybridized carbons (Fsp3) is 0. The second-order valence-electron chi connectivity index (χ2n) is 1.45. The average Bonchev–Trinajstić information content (AvgIpc) is 2.03. The van der Waals surface area contributed by atoms with E-state index in [1.165, 1.54) is 0 Å². The first-order chi connectivity index (χ1) is 5.42. The predicted octanol–water partition coefficient (Wildman–Crippen LogP) is 0.170. The Morgan fingerprint density at radius 2 is 2.00 bits per heavy atom. The Hall–Kier alpha value is 0.190. The van der Waals surface area contributed by atoms with Crippen molar-refractivity contribution in [1.29, 1.82) is 0 Å². The van der Waals surface area contributed by atoms with E-state index in [4.69, 9.17) is 0 Å². The molecule has 0 atom stereocenters. The summed E-state index contributed by atoms with van der Waals surface area (Å²) >= 11 is 7.15. The molecule has 0 spiro atoms. The fourth-order valence-corrected chi connectivity index (χ4v) is 2.10. The van der Waals surface area contributed by atoms with E-state index in [-0.39, 0.29) is 16.7 Å². The Morgan fingerprint density at radius 3 is 2.58 bits per heavy atom. The fourth-order valence-electron chi connectivity index (χ4n) is 0.302. The third-order valence-electron chi connectivity index (χ3n) is 0.674. The molecule has 1 rings (SSSR count). The number of thiol groups is 2. The maximum absolute atomic E-state index is 10.8. The van der Waals surface area contributed by atoms with Crippen molar-refractivity contribution < 1.29 is 21.1 Å². The van der Waals surface area contributed by atoms with Gasteiger partial charge in [0.15, 0.2) is 0 Å². The van der Waals surface area contributed by atoms with Crippen LogP contribution in [0.1, 0.15) is 0 Å². The lowest BCUT2D eigenvalue weighted by Crippen LogP contribution is -2.27. The van der Waals surface area contributed by atoms with E-state index in [0.717, 1.165) is 0 Å². The molecule has 0 unspecified atom stereocenters. The summed E-state index contributed by atoms with van der Waals surface area (Å²) in [4.78, 5) is 10.8. The highest BCUT2D eigenvalue weighted by Crippen LogP contribution is 2.26. The molecule has 1 heterocycles. The number of carbonyl (C=O) groups excluding carboxylic acids is 1. The summed E-state index contributed by atoms with van der Waals surface area (Å²) in [6.07, 6.45) is 0. The molecular formula is CH2N2O5S4. The van der Waals surface area contributed by atoms with Crippen LogP contribution >= 0.6 is 37.9 Å². The van der Waals surface area contributed by atoms with Gasteiger partial charge in [0, 0.05) is 0 Å². The molecule has 0 aliphatic carbocycles. The topological polar surface area (TPSA) is 76.1 Å². The quantitative estimate of drug-likeness (QED) is 0.362. The Bertz CT molecular complexity index is 286. The van der Waals surface area contributed by atoms with E-state index >= 15 is 0 Å². The molecule has 0 aromatic heterocycles. The second kappa shape index (κ2) is 3.51. The molecule has 0 radical (unpaired) electrons. The SMILES string of the molecule is O=C1N(S)OS(=O)(=O)OSN1S. The van der Waals surface area contributed by atoms with Crippen molar-refractivity contribution in [1.82, 2.24) is 8.18 Å². The number of urea groups is 1. The zero-order valence-electron chi connectivity index (χ0n) is 5.15. The summed E-state index contributed by atoms with van der Waals surface area (Å²) in [5, 5.41) is 0. The summed E-state index contributed by atoms with van der Waals surface area (Å²) < 4.78 is 30.0. The second-order valence-corrected chi connectivity index (χ2v) is 4.51. The molecule has 0 aromatic carbocycles. The highest BCUT2D eigenvalue weighted by molar-refractivity contribution is 8.08. The Kier molecular flexibility index (Phi) is 3.01. The minimum absolute atomic E-state index is 0.183. The molecular weight excluding hydrogens is 248 g/mol. The maximum atomic E-state index is 10.8. The lowest BCUT2D eigenvalue weighted by atomic mass is 11.2. The number of rotatable bonds is 0. The van der Waals surface area contributed by atoms with Gasteiger partial charge in [-0.15, -0.1) is 8.75 Å². The summed E-state index contributed by atoms with van der Waals surface area (Å²) in [7, 11) is -4.23. The Labute approximate surface area is 83.7 Å². The third-order valence-corrected chi connectivity index (χ3v) is 2.95. The molecule has 70 valence electrons. The van der Waals surface area contributed by atoms with Crippen molar-refractivity contribution in [3.05, 3.63) is 0 Å². The monoisotopic (exact) mass is 250 g/mol. The standard InChI is InChI=1S/CH2N2O5S4/c4-1-2(9)7-12(5,6)8-11-3(1)10/h9-10H. The van der Waals surface area contributed by atoms with Gasteiger partial charge >= 0.3 is 16.4 Å². The average molecular weight is 250 g/mol. The molecule has 0 bridgehead atoms. The number of hydrogen-bond acceptors (Lipinski definition) is 8. The van der Waals surface area contributed by atoms with Gasteiger partial charge in [-0.2, -0.15) is 15.8 Å². The van der Waals surface area contributed by atoms with Crippen LogP contribution in [0.4, 0.5) is 4.79 Å². The minimum Gasteiger partial charge on any atom is -0.243 e. The van der Waals surface area contributed by atoms with Gasteiger partial charge < -0.3 is 0 Å². The first kappa shape index (κ1) is 10.3. The normalized spacial score (nSPS) is 24.0. The van der Waals surface area contributed by atoms with E-state index in [0.29, 0.717) is 3.71 Å². The smallest absolute Gasteiger partial charge is 0.243 e. The van der Waals surface area contributed by atoms with Crippen LogP contribution in [0.2, 0.25) is 0 Å². The number of hydrogen-bond donors (Lipinski definition) is 2. The van der Waals surface area contributed by atoms with Gasteiger partial charge in [-0.05, 0) is 25.6 Å². The molecule has 2 amide bonds. The van der Waals surface area contributed by atoms with Gasteiger partial charge in [0.05, 0.1) is 0 Å². The van der Waals surface area contributed by atoms with Gasteiger partial charge in [-0.25, -0.2) is 4.79 Å². The first-order valence-corrected chi connectivity index (χ1v) is 5.08. The molecule has 11 heteroatoms. The van der Waals surface area contributed by atoms with Gasteiger partial charge in [-0.1, -0.05) is 0 Å². The summed E-state index contributed by atoms with van der Waals surface area (Å²) in [6, 6.07) is -0.896. The van der Waals surface area contributed by atoms with Crippen molar-refractivity contribution in [2.24, 2.45) is 0 Å². The van der Waals surface area contributed by atoms with E-state index in [1.807, 2.05) is 0 Å². The van der Waals surface area contributed by atoms with Gasteiger partial charge in [0.25, 0.3) is 0 Å². The van der Waals surface area contributed by atoms with Crippen LogP contribution in [0.15, 0.2) is 0 Å². The van der Waals surface area contributed by atoms with Crippen LogP contribution in [-0.4, -0.2) is 22.6 Å². The zero-order chi connectivity index (χ0) is 9.35. The molecule has 0 aromatic rings. The molecule has 1 aliphatic rings. The van der Waals surface area contributed by atoms with Crippen molar-refractivity contribution in [3.8, 4) is 0 Å². The lowest BCUT2D eigenvalue weighted by molar-refractivity contribution is 0.0812. The maximum Gasteiger partial charge on any atom is 0.434 e. The first-order valence-electron chi connectivity index (χ1n) is 2.25. The van der Waals surface area contributed by atoms with E-state index in [2.05, 4.69) is 33.5 Å². The Balaban J connectivity index is 2.87. The third kappa shape index (κ3) is 2.34. The highest BCUT2D eigenvalue weighted by atomic mass is 32.3. The van der Waals surface area contributed by atoms with Crippen molar-refractivity contribution in [2.75, 3.05) is 0 Å². The van der Waals surface area contributed by atoms with Crippen LogP contribution in [0, 0.1) is 0 Å². The summed E-state index contributed by atoms with van der Waals surface area (Å²) in [5.41, 5.74) is 0. The van der Waals surface area contributed by atoms with E-state index in [1.54, 1.807) is 0 Å². The molecule has 7 nitrogen and oxygen atoms in total. The molecule has 1 saturated heterocycles. The predicted molar refractivity (Wildman–Crippen MR) is 45.7 cm³/mol.